The number of esters is 1. The number of H-pyrrole nitrogens is 1. The highest BCUT2D eigenvalue weighted by molar-refractivity contribution is 6.06. The fraction of sp³-hybridized carbons (Fsp3) is 0.0800. The number of hydrogen-bond acceptors (Lipinski definition) is 5. The zero-order valence-electron chi connectivity index (χ0n) is 16.5. The minimum atomic E-state index is -0.452. The first-order chi connectivity index (χ1) is 15.2. The molecular weight excluding hydrogens is 392 g/mol. The van der Waals surface area contributed by atoms with Crippen molar-refractivity contribution in [3.63, 3.8) is 0 Å². The van der Waals surface area contributed by atoms with Crippen LogP contribution in [-0.4, -0.2) is 15.9 Å². The third kappa shape index (κ3) is 3.96. The van der Waals surface area contributed by atoms with Crippen LogP contribution in [-0.2, 0) is 22.6 Å². The van der Waals surface area contributed by atoms with Crippen molar-refractivity contribution in [2.45, 2.75) is 13.0 Å². The second-order valence-corrected chi connectivity index (χ2v) is 7.20. The second-order valence-electron chi connectivity index (χ2n) is 7.20. The Labute approximate surface area is 177 Å². The van der Waals surface area contributed by atoms with Crippen LogP contribution < -0.4 is 5.56 Å². The molecule has 31 heavy (non-hydrogen) atoms. The summed E-state index contributed by atoms with van der Waals surface area (Å²) in [6.07, 6.45) is -0.00224. The average Bonchev–Trinajstić information content (AvgIpc) is 3.21. The largest absolute Gasteiger partial charge is 0.460 e. The van der Waals surface area contributed by atoms with Gasteiger partial charge in [-0.2, -0.15) is 0 Å². The zero-order valence-corrected chi connectivity index (χ0v) is 16.5. The molecule has 1 N–H and O–H groups in total. The molecule has 2 heterocycles. The smallest absolute Gasteiger partial charge is 0.313 e. The van der Waals surface area contributed by atoms with Gasteiger partial charge in [0.05, 0.1) is 5.69 Å². The van der Waals surface area contributed by atoms with E-state index in [1.807, 2.05) is 72.8 Å². The van der Waals surface area contributed by atoms with Crippen molar-refractivity contribution in [2.75, 3.05) is 0 Å². The summed E-state index contributed by atoms with van der Waals surface area (Å²) >= 11 is 0. The summed E-state index contributed by atoms with van der Waals surface area (Å²) in [5.74, 6) is 0.509. The van der Waals surface area contributed by atoms with Crippen LogP contribution in [0.2, 0.25) is 0 Å². The van der Waals surface area contributed by atoms with Crippen LogP contribution in [0.4, 0.5) is 0 Å². The number of nitrogens with zero attached hydrogens (tertiary/aromatic N) is 1. The van der Waals surface area contributed by atoms with E-state index in [4.69, 9.17) is 9.15 Å². The van der Waals surface area contributed by atoms with Crippen LogP contribution in [0.5, 0.6) is 0 Å². The highest BCUT2D eigenvalue weighted by atomic mass is 16.5. The van der Waals surface area contributed by atoms with E-state index in [0.29, 0.717) is 17.3 Å². The molecule has 0 radical (unpaired) electrons. The standard InChI is InChI=1S/C25H18N2O4/c28-23-12-18(26-25(27-23)17-7-2-1-3-8-17)15-30-24(29)14-19-13-21-20-9-5-4-6-16(20)10-11-22(21)31-19/h1-13H,14-15H2,(H,26,27,28). The molecule has 0 saturated carbocycles. The van der Waals surface area contributed by atoms with Gasteiger partial charge in [0.15, 0.2) is 0 Å². The van der Waals surface area contributed by atoms with E-state index in [2.05, 4.69) is 9.97 Å². The molecule has 5 rings (SSSR count). The lowest BCUT2D eigenvalue weighted by Crippen LogP contribution is -2.13. The summed E-state index contributed by atoms with van der Waals surface area (Å²) in [4.78, 5) is 31.4. The molecule has 6 heteroatoms. The predicted molar refractivity (Wildman–Crippen MR) is 118 cm³/mol. The van der Waals surface area contributed by atoms with E-state index in [9.17, 15) is 9.59 Å². The molecule has 6 nitrogen and oxygen atoms in total. The first-order valence-corrected chi connectivity index (χ1v) is 9.87. The van der Waals surface area contributed by atoms with Gasteiger partial charge in [-0.1, -0.05) is 60.7 Å². The lowest BCUT2D eigenvalue weighted by Gasteiger charge is -2.06. The summed E-state index contributed by atoms with van der Waals surface area (Å²) in [6, 6.07) is 24.4. The van der Waals surface area contributed by atoms with E-state index < -0.39 is 5.97 Å². The molecule has 0 saturated heterocycles. The van der Waals surface area contributed by atoms with Crippen molar-refractivity contribution in [1.29, 1.82) is 0 Å². The molecule has 0 fully saturated rings. The topological polar surface area (TPSA) is 85.2 Å². The fourth-order valence-electron chi connectivity index (χ4n) is 3.59. The number of benzene rings is 3. The third-order valence-corrected chi connectivity index (χ3v) is 5.02. The maximum absolute atomic E-state index is 12.4. The number of hydrogen-bond donors (Lipinski definition) is 1. The number of furan rings is 1. The normalized spacial score (nSPS) is 11.1. The summed E-state index contributed by atoms with van der Waals surface area (Å²) in [5, 5.41) is 3.15. The SMILES string of the molecule is O=C(Cc1cc2c(ccc3ccccc32)o1)OCc1cc(=O)[nH]c(-c2ccccc2)n1. The molecule has 5 aromatic rings. The number of carbonyl (C=O) groups is 1. The molecule has 0 spiro atoms. The molecule has 0 aliphatic carbocycles. The van der Waals surface area contributed by atoms with Gasteiger partial charge >= 0.3 is 5.97 Å². The summed E-state index contributed by atoms with van der Waals surface area (Å²) in [5.41, 5.74) is 1.59. The monoisotopic (exact) mass is 410 g/mol. The van der Waals surface area contributed by atoms with Crippen molar-refractivity contribution in [2.24, 2.45) is 0 Å². The lowest BCUT2D eigenvalue weighted by atomic mass is 10.1. The van der Waals surface area contributed by atoms with Crippen LogP contribution in [0.15, 0.2) is 88.1 Å². The molecule has 2 aromatic heterocycles. The van der Waals surface area contributed by atoms with E-state index in [0.717, 1.165) is 27.3 Å². The number of aromatic amines is 1. The Balaban J connectivity index is 1.31. The summed E-state index contributed by atoms with van der Waals surface area (Å²) in [6.45, 7) is -0.0915. The average molecular weight is 410 g/mol. The number of aromatic nitrogens is 2. The number of rotatable bonds is 5. The number of carbonyl (C=O) groups excluding carboxylic acids is 1. The Hall–Kier alpha value is -4.19. The Morgan fingerprint density at radius 3 is 2.61 bits per heavy atom. The summed E-state index contributed by atoms with van der Waals surface area (Å²) < 4.78 is 11.2. The minimum Gasteiger partial charge on any atom is -0.460 e. The van der Waals surface area contributed by atoms with E-state index >= 15 is 0 Å². The predicted octanol–water partition coefficient (Wildman–Crippen LogP) is 4.62. The van der Waals surface area contributed by atoms with Crippen molar-refractivity contribution >= 4 is 27.7 Å². The Morgan fingerprint density at radius 1 is 0.935 bits per heavy atom. The Kier molecular flexibility index (Phi) is 4.80. The Bertz CT molecular complexity index is 1450. The van der Waals surface area contributed by atoms with Gasteiger partial charge in [-0.05, 0) is 22.9 Å². The molecule has 0 atom stereocenters. The molecule has 0 bridgehead atoms. The van der Waals surface area contributed by atoms with Crippen LogP contribution in [0.1, 0.15) is 11.5 Å². The van der Waals surface area contributed by atoms with Gasteiger partial charge in [-0.25, -0.2) is 4.98 Å². The number of nitrogens with one attached hydrogen (secondary N) is 1. The zero-order chi connectivity index (χ0) is 21.2. The number of ether oxygens (including phenoxy) is 1. The highest BCUT2D eigenvalue weighted by Crippen LogP contribution is 2.28. The molecule has 0 unspecified atom stereocenters. The molecule has 3 aromatic carbocycles. The third-order valence-electron chi connectivity index (χ3n) is 5.02. The maximum Gasteiger partial charge on any atom is 0.313 e. The Morgan fingerprint density at radius 2 is 1.74 bits per heavy atom. The first-order valence-electron chi connectivity index (χ1n) is 9.87. The molecule has 0 aliphatic heterocycles. The van der Waals surface area contributed by atoms with Gasteiger partial charge in [-0.3, -0.25) is 9.59 Å². The van der Waals surface area contributed by atoms with Crippen LogP contribution >= 0.6 is 0 Å². The van der Waals surface area contributed by atoms with Gasteiger partial charge in [0, 0.05) is 17.0 Å². The van der Waals surface area contributed by atoms with Crippen LogP contribution in [0, 0.1) is 0 Å². The van der Waals surface area contributed by atoms with Crippen molar-refractivity contribution in [1.82, 2.24) is 9.97 Å². The van der Waals surface area contributed by atoms with E-state index in [-0.39, 0.29) is 18.6 Å². The van der Waals surface area contributed by atoms with Crippen LogP contribution in [0.25, 0.3) is 33.1 Å². The fourth-order valence-corrected chi connectivity index (χ4v) is 3.59. The second kappa shape index (κ2) is 7.91. The van der Waals surface area contributed by atoms with Crippen LogP contribution in [0.3, 0.4) is 0 Å². The molecular formula is C25H18N2O4. The lowest BCUT2D eigenvalue weighted by molar-refractivity contribution is -0.144. The van der Waals surface area contributed by atoms with Gasteiger partial charge in [0.1, 0.15) is 30.2 Å². The highest BCUT2D eigenvalue weighted by Gasteiger charge is 2.13. The van der Waals surface area contributed by atoms with Gasteiger partial charge < -0.3 is 14.1 Å². The quantitative estimate of drug-likeness (QED) is 0.427. The molecule has 152 valence electrons. The number of fused-ring (bicyclic) bond motifs is 3. The van der Waals surface area contributed by atoms with Gasteiger partial charge in [-0.15, -0.1) is 0 Å². The minimum absolute atomic E-state index is 0.00224. The molecule has 0 aliphatic rings. The van der Waals surface area contributed by atoms with Crippen molar-refractivity contribution in [3.8, 4) is 11.4 Å². The van der Waals surface area contributed by atoms with Crippen molar-refractivity contribution < 1.29 is 13.9 Å². The van der Waals surface area contributed by atoms with E-state index in [1.54, 1.807) is 0 Å². The van der Waals surface area contributed by atoms with Gasteiger partial charge in [0.2, 0.25) is 0 Å². The van der Waals surface area contributed by atoms with Crippen molar-refractivity contribution in [3.05, 3.63) is 101 Å². The van der Waals surface area contributed by atoms with Gasteiger partial charge in [0.25, 0.3) is 5.56 Å². The first kappa shape index (κ1) is 18.8. The maximum atomic E-state index is 12.4. The summed E-state index contributed by atoms with van der Waals surface area (Å²) in [7, 11) is 0. The molecule has 0 amide bonds. The van der Waals surface area contributed by atoms with E-state index in [1.165, 1.54) is 6.07 Å².